The van der Waals surface area contributed by atoms with Crippen molar-refractivity contribution in [3.05, 3.63) is 51.9 Å². The molecule has 1 aliphatic rings. The summed E-state index contributed by atoms with van der Waals surface area (Å²) in [4.78, 5) is 21.1. The summed E-state index contributed by atoms with van der Waals surface area (Å²) in [5.74, 6) is 1.17. The second kappa shape index (κ2) is 8.84. The van der Waals surface area contributed by atoms with Crippen LogP contribution in [-0.4, -0.2) is 39.4 Å². The average Bonchev–Trinajstić information content (AvgIpc) is 3.52. The molecule has 0 amide bonds. The van der Waals surface area contributed by atoms with Gasteiger partial charge in [-0.05, 0) is 18.4 Å². The number of hydrogen-bond acceptors (Lipinski definition) is 9. The van der Waals surface area contributed by atoms with Crippen LogP contribution in [0.2, 0.25) is 0 Å². The van der Waals surface area contributed by atoms with Gasteiger partial charge < -0.3 is 15.0 Å². The molecule has 10 heteroatoms. The quantitative estimate of drug-likeness (QED) is 0.398. The van der Waals surface area contributed by atoms with Gasteiger partial charge in [0.1, 0.15) is 10.7 Å². The first-order valence-electron chi connectivity index (χ1n) is 9.64. The first kappa shape index (κ1) is 19.7. The molecule has 1 atom stereocenters. The minimum Gasteiger partial charge on any atom is -0.376 e. The van der Waals surface area contributed by atoms with Crippen molar-refractivity contribution in [2.24, 2.45) is 0 Å². The number of fused-ring (bicyclic) bond motifs is 1. The van der Waals surface area contributed by atoms with Gasteiger partial charge in [-0.3, -0.25) is 4.79 Å². The number of hydrogen-bond donors (Lipinski definition) is 2. The van der Waals surface area contributed by atoms with Crippen LogP contribution in [0.25, 0.3) is 21.3 Å². The van der Waals surface area contributed by atoms with Gasteiger partial charge in [-0.1, -0.05) is 53.4 Å². The van der Waals surface area contributed by atoms with Crippen molar-refractivity contribution < 1.29 is 4.74 Å². The summed E-state index contributed by atoms with van der Waals surface area (Å²) in [5.41, 5.74) is 1.84. The van der Waals surface area contributed by atoms with Crippen molar-refractivity contribution >= 4 is 49.8 Å². The normalized spacial score (nSPS) is 16.3. The Hall–Kier alpha value is -2.27. The Morgan fingerprint density at radius 1 is 1.27 bits per heavy atom. The Morgan fingerprint density at radius 3 is 3.00 bits per heavy atom. The SMILES string of the molecule is O=c1[nH]c(CSc2nnc(NC[C@H]3CCCO3)s2)nc2scc(-c3ccccc3)c12. The molecule has 154 valence electrons. The lowest BCUT2D eigenvalue weighted by Gasteiger charge is -2.08. The minimum atomic E-state index is -0.105. The third kappa shape index (κ3) is 4.27. The van der Waals surface area contributed by atoms with Crippen LogP contribution < -0.4 is 10.9 Å². The zero-order valence-corrected chi connectivity index (χ0v) is 18.4. The summed E-state index contributed by atoms with van der Waals surface area (Å²) in [6.07, 6.45) is 2.47. The fourth-order valence-corrected chi connectivity index (χ4v) is 5.96. The maximum atomic E-state index is 12.7. The van der Waals surface area contributed by atoms with Gasteiger partial charge in [0.25, 0.3) is 5.56 Å². The molecule has 30 heavy (non-hydrogen) atoms. The second-order valence-corrected chi connectivity index (χ2v) is 9.94. The average molecular weight is 458 g/mol. The summed E-state index contributed by atoms with van der Waals surface area (Å²) in [7, 11) is 0. The molecular weight excluding hydrogens is 438 g/mol. The summed E-state index contributed by atoms with van der Waals surface area (Å²) >= 11 is 4.51. The van der Waals surface area contributed by atoms with Crippen molar-refractivity contribution in [1.82, 2.24) is 20.2 Å². The van der Waals surface area contributed by atoms with E-state index in [1.807, 2.05) is 35.7 Å². The number of aromatic amines is 1. The molecular formula is C20H19N5O2S3. The van der Waals surface area contributed by atoms with Crippen molar-refractivity contribution in [2.45, 2.75) is 29.0 Å². The molecule has 0 aliphatic carbocycles. The molecule has 1 saturated heterocycles. The molecule has 3 aromatic heterocycles. The van der Waals surface area contributed by atoms with Crippen LogP contribution in [0.3, 0.4) is 0 Å². The molecule has 0 bridgehead atoms. The molecule has 2 N–H and O–H groups in total. The highest BCUT2D eigenvalue weighted by molar-refractivity contribution is 8.00. The zero-order valence-electron chi connectivity index (χ0n) is 16.0. The molecule has 4 aromatic rings. The van der Waals surface area contributed by atoms with E-state index >= 15 is 0 Å². The second-order valence-electron chi connectivity index (χ2n) is 6.89. The summed E-state index contributed by atoms with van der Waals surface area (Å²) < 4.78 is 6.45. The van der Waals surface area contributed by atoms with Gasteiger partial charge in [-0.2, -0.15) is 0 Å². The maximum absolute atomic E-state index is 12.7. The number of aromatic nitrogens is 4. The number of rotatable bonds is 7. The van der Waals surface area contributed by atoms with E-state index in [2.05, 4.69) is 25.5 Å². The summed E-state index contributed by atoms with van der Waals surface area (Å²) in [6, 6.07) is 9.91. The first-order valence-corrected chi connectivity index (χ1v) is 12.3. The highest BCUT2D eigenvalue weighted by atomic mass is 32.2. The van der Waals surface area contributed by atoms with Gasteiger partial charge in [-0.25, -0.2) is 4.98 Å². The number of nitrogens with one attached hydrogen (secondary N) is 2. The zero-order chi connectivity index (χ0) is 20.3. The Morgan fingerprint density at radius 2 is 2.17 bits per heavy atom. The van der Waals surface area contributed by atoms with E-state index in [4.69, 9.17) is 4.74 Å². The lowest BCUT2D eigenvalue weighted by Crippen LogP contribution is -2.18. The molecule has 0 saturated carbocycles. The Balaban J connectivity index is 1.27. The van der Waals surface area contributed by atoms with Gasteiger partial charge in [0, 0.05) is 24.1 Å². The predicted octanol–water partition coefficient (Wildman–Crippen LogP) is 4.39. The number of H-pyrrole nitrogens is 1. The van der Waals surface area contributed by atoms with Crippen molar-refractivity contribution in [2.75, 3.05) is 18.5 Å². The number of nitrogens with zero attached hydrogens (tertiary/aromatic N) is 3. The van der Waals surface area contributed by atoms with E-state index in [0.29, 0.717) is 17.0 Å². The molecule has 4 heterocycles. The molecule has 1 aliphatic heterocycles. The maximum Gasteiger partial charge on any atom is 0.260 e. The molecule has 5 rings (SSSR count). The predicted molar refractivity (Wildman–Crippen MR) is 123 cm³/mol. The lowest BCUT2D eigenvalue weighted by molar-refractivity contribution is 0.120. The Bertz CT molecular complexity index is 1200. The molecule has 1 aromatic carbocycles. The van der Waals surface area contributed by atoms with Crippen LogP contribution in [-0.2, 0) is 10.5 Å². The smallest absolute Gasteiger partial charge is 0.260 e. The lowest BCUT2D eigenvalue weighted by atomic mass is 10.1. The van der Waals surface area contributed by atoms with Crippen LogP contribution >= 0.6 is 34.4 Å². The van der Waals surface area contributed by atoms with Crippen LogP contribution in [0.4, 0.5) is 5.13 Å². The van der Waals surface area contributed by atoms with Crippen LogP contribution in [0.1, 0.15) is 18.7 Å². The minimum absolute atomic E-state index is 0.105. The monoisotopic (exact) mass is 457 g/mol. The van der Waals surface area contributed by atoms with Gasteiger partial charge in [0.2, 0.25) is 5.13 Å². The highest BCUT2D eigenvalue weighted by Gasteiger charge is 2.16. The Labute approximate surface area is 184 Å². The fourth-order valence-electron chi connectivity index (χ4n) is 3.37. The Kier molecular flexibility index (Phi) is 5.80. The van der Waals surface area contributed by atoms with Crippen LogP contribution in [0.5, 0.6) is 0 Å². The van der Waals surface area contributed by atoms with E-state index in [-0.39, 0.29) is 11.7 Å². The van der Waals surface area contributed by atoms with Gasteiger partial charge >= 0.3 is 0 Å². The number of benzene rings is 1. The number of ether oxygens (including phenoxy) is 1. The van der Waals surface area contributed by atoms with Gasteiger partial charge in [0.15, 0.2) is 4.34 Å². The largest absolute Gasteiger partial charge is 0.376 e. The third-order valence-electron chi connectivity index (χ3n) is 4.82. The topological polar surface area (TPSA) is 92.8 Å². The fraction of sp³-hybridized carbons (Fsp3) is 0.300. The van der Waals surface area contributed by atoms with E-state index in [9.17, 15) is 4.79 Å². The summed E-state index contributed by atoms with van der Waals surface area (Å²) in [6.45, 7) is 1.60. The molecule has 0 unspecified atom stereocenters. The number of anilines is 1. The van der Waals surface area contributed by atoms with Crippen LogP contribution in [0.15, 0.2) is 44.8 Å². The van der Waals surface area contributed by atoms with E-state index in [1.54, 1.807) is 0 Å². The summed E-state index contributed by atoms with van der Waals surface area (Å²) in [5, 5.41) is 15.1. The number of thioether (sulfide) groups is 1. The molecule has 0 spiro atoms. The molecule has 0 radical (unpaired) electrons. The molecule has 7 nitrogen and oxygen atoms in total. The van der Waals surface area contributed by atoms with Crippen molar-refractivity contribution in [3.63, 3.8) is 0 Å². The van der Waals surface area contributed by atoms with Gasteiger partial charge in [0.05, 0.1) is 17.2 Å². The number of thiophene rings is 1. The standard InChI is InChI=1S/C20H19N5O2S3/c26-17-16-14(12-5-2-1-3-6-12)10-28-18(16)23-15(22-17)11-29-20-25-24-19(30-20)21-9-13-7-4-8-27-13/h1-3,5-6,10,13H,4,7-9,11H2,(H,21,24)(H,22,23,26)/t13-/m1/s1. The van der Waals surface area contributed by atoms with E-state index in [0.717, 1.165) is 51.4 Å². The first-order chi connectivity index (χ1) is 14.8. The third-order valence-corrected chi connectivity index (χ3v) is 7.72. The van der Waals surface area contributed by atoms with E-state index < -0.39 is 0 Å². The molecule has 1 fully saturated rings. The van der Waals surface area contributed by atoms with Crippen molar-refractivity contribution in [3.8, 4) is 11.1 Å². The van der Waals surface area contributed by atoms with Crippen molar-refractivity contribution in [1.29, 1.82) is 0 Å². The van der Waals surface area contributed by atoms with Crippen LogP contribution in [0, 0.1) is 0 Å². The highest BCUT2D eigenvalue weighted by Crippen LogP contribution is 2.32. The van der Waals surface area contributed by atoms with Gasteiger partial charge in [-0.15, -0.1) is 21.5 Å². The van der Waals surface area contributed by atoms with E-state index in [1.165, 1.54) is 34.4 Å².